The van der Waals surface area contributed by atoms with Crippen LogP contribution < -0.4 is 0 Å². The van der Waals surface area contributed by atoms with E-state index in [0.717, 1.165) is 11.1 Å². The van der Waals surface area contributed by atoms with E-state index in [1.54, 1.807) is 25.5 Å². The number of nitrogens with zero attached hydrogens (tertiary/aromatic N) is 2. The molecule has 0 aliphatic rings. The summed E-state index contributed by atoms with van der Waals surface area (Å²) in [5, 5.41) is 2.49. The predicted octanol–water partition coefficient (Wildman–Crippen LogP) is 3.78. The van der Waals surface area contributed by atoms with E-state index < -0.39 is 22.7 Å². The van der Waals surface area contributed by atoms with Gasteiger partial charge in [0, 0.05) is 18.6 Å². The number of hydrogen-bond acceptors (Lipinski definition) is 5. The maximum absolute atomic E-state index is 12.4. The number of ketones is 1. The molecule has 0 aliphatic carbocycles. The SMILES string of the molecule is CC(c1nccs1)N(C)C(=O)c1ccc(C(=O)C(F)(F)F)s1. The van der Waals surface area contributed by atoms with E-state index in [1.807, 2.05) is 0 Å². The van der Waals surface area contributed by atoms with E-state index in [1.165, 1.54) is 22.3 Å². The van der Waals surface area contributed by atoms with Gasteiger partial charge in [-0.05, 0) is 19.1 Å². The van der Waals surface area contributed by atoms with Gasteiger partial charge in [-0.3, -0.25) is 9.59 Å². The highest BCUT2D eigenvalue weighted by atomic mass is 32.1. The summed E-state index contributed by atoms with van der Waals surface area (Å²) in [4.78, 5) is 28.5. The Morgan fingerprint density at radius 2 is 1.91 bits per heavy atom. The van der Waals surface area contributed by atoms with Gasteiger partial charge in [0.1, 0.15) is 5.01 Å². The topological polar surface area (TPSA) is 50.3 Å². The van der Waals surface area contributed by atoms with Crippen molar-refractivity contribution >= 4 is 34.4 Å². The van der Waals surface area contributed by atoms with Crippen molar-refractivity contribution in [3.63, 3.8) is 0 Å². The smallest absolute Gasteiger partial charge is 0.332 e. The van der Waals surface area contributed by atoms with Crippen molar-refractivity contribution in [3.05, 3.63) is 38.5 Å². The van der Waals surface area contributed by atoms with Gasteiger partial charge in [-0.25, -0.2) is 4.98 Å². The number of Topliss-reactive ketones (excluding diaryl/α,β-unsaturated/α-hetero) is 1. The van der Waals surface area contributed by atoms with Crippen molar-refractivity contribution in [2.75, 3.05) is 7.05 Å². The first kappa shape index (κ1) is 16.6. The van der Waals surface area contributed by atoms with Crippen LogP contribution in [0.2, 0.25) is 0 Å². The molecule has 0 bridgehead atoms. The number of aromatic nitrogens is 1. The molecule has 22 heavy (non-hydrogen) atoms. The number of rotatable bonds is 4. The fourth-order valence-electron chi connectivity index (χ4n) is 1.67. The first-order valence-corrected chi connectivity index (χ1v) is 7.79. The Labute approximate surface area is 132 Å². The van der Waals surface area contributed by atoms with E-state index in [9.17, 15) is 22.8 Å². The molecule has 2 rings (SSSR count). The third kappa shape index (κ3) is 3.36. The molecule has 0 saturated carbocycles. The van der Waals surface area contributed by atoms with Crippen molar-refractivity contribution in [1.82, 2.24) is 9.88 Å². The summed E-state index contributed by atoms with van der Waals surface area (Å²) in [6.45, 7) is 1.77. The summed E-state index contributed by atoms with van der Waals surface area (Å²) in [6, 6.07) is 1.95. The molecular weight excluding hydrogens is 337 g/mol. The molecule has 0 aliphatic heterocycles. The van der Waals surface area contributed by atoms with Gasteiger partial charge in [0.25, 0.3) is 11.7 Å². The van der Waals surface area contributed by atoms with Crippen molar-refractivity contribution in [2.24, 2.45) is 0 Å². The molecule has 1 unspecified atom stereocenters. The molecule has 0 fully saturated rings. The van der Waals surface area contributed by atoms with Crippen molar-refractivity contribution < 1.29 is 22.8 Å². The normalized spacial score (nSPS) is 13.0. The molecule has 0 N–H and O–H groups in total. The van der Waals surface area contributed by atoms with Gasteiger partial charge in [-0.1, -0.05) is 0 Å². The highest BCUT2D eigenvalue weighted by Gasteiger charge is 2.40. The standard InChI is InChI=1S/C13H11F3N2O2S2/c1-7(11-17-5-6-21-11)18(2)12(20)9-4-3-8(22-9)10(19)13(14,15)16/h3-7H,1-2H3. The number of alkyl halides is 3. The molecule has 1 atom stereocenters. The number of thiazole rings is 1. The number of thiophene rings is 1. The lowest BCUT2D eigenvalue weighted by Gasteiger charge is -2.22. The molecule has 0 aromatic carbocycles. The second kappa shape index (κ2) is 6.17. The first-order chi connectivity index (χ1) is 10.2. The quantitative estimate of drug-likeness (QED) is 0.790. The molecular formula is C13H11F3N2O2S2. The molecule has 9 heteroatoms. The summed E-state index contributed by atoms with van der Waals surface area (Å²) in [6.07, 6.45) is -3.33. The maximum Gasteiger partial charge on any atom is 0.455 e. The Morgan fingerprint density at radius 3 is 2.45 bits per heavy atom. The molecule has 2 aromatic heterocycles. The second-order valence-electron chi connectivity index (χ2n) is 4.45. The molecule has 0 saturated heterocycles. The Balaban J connectivity index is 2.17. The molecule has 0 spiro atoms. The summed E-state index contributed by atoms with van der Waals surface area (Å²) >= 11 is 1.92. The first-order valence-electron chi connectivity index (χ1n) is 6.09. The van der Waals surface area contributed by atoms with Gasteiger partial charge >= 0.3 is 6.18 Å². The molecule has 2 aromatic rings. The zero-order valence-electron chi connectivity index (χ0n) is 11.5. The number of amides is 1. The summed E-state index contributed by atoms with van der Waals surface area (Å²) in [7, 11) is 1.54. The fraction of sp³-hybridized carbons (Fsp3) is 0.308. The van der Waals surface area contributed by atoms with Crippen molar-refractivity contribution in [1.29, 1.82) is 0 Å². The van der Waals surface area contributed by atoms with E-state index in [0.29, 0.717) is 11.3 Å². The van der Waals surface area contributed by atoms with E-state index >= 15 is 0 Å². The predicted molar refractivity (Wildman–Crippen MR) is 77.3 cm³/mol. The molecule has 2 heterocycles. The van der Waals surface area contributed by atoms with Crippen LogP contribution >= 0.6 is 22.7 Å². The van der Waals surface area contributed by atoms with E-state index in [2.05, 4.69) is 4.98 Å². The number of carbonyl (C=O) groups excluding carboxylic acids is 2. The van der Waals surface area contributed by atoms with Crippen LogP contribution in [0.4, 0.5) is 13.2 Å². The van der Waals surface area contributed by atoms with Gasteiger partial charge < -0.3 is 4.90 Å². The summed E-state index contributed by atoms with van der Waals surface area (Å²) < 4.78 is 37.1. The minimum absolute atomic E-state index is 0.0820. The third-order valence-electron chi connectivity index (χ3n) is 3.01. The largest absolute Gasteiger partial charge is 0.455 e. The Kier molecular flexibility index (Phi) is 4.66. The van der Waals surface area contributed by atoms with Gasteiger partial charge in [-0.15, -0.1) is 22.7 Å². The van der Waals surface area contributed by atoms with E-state index in [-0.39, 0.29) is 10.9 Å². The number of hydrogen-bond donors (Lipinski definition) is 0. The van der Waals surface area contributed by atoms with Crippen molar-refractivity contribution in [2.45, 2.75) is 19.1 Å². The van der Waals surface area contributed by atoms with Crippen LogP contribution in [-0.4, -0.2) is 34.8 Å². The monoisotopic (exact) mass is 348 g/mol. The average molecular weight is 348 g/mol. The fourth-order valence-corrected chi connectivity index (χ4v) is 3.36. The van der Waals surface area contributed by atoms with Crippen LogP contribution in [0.15, 0.2) is 23.7 Å². The lowest BCUT2D eigenvalue weighted by Crippen LogP contribution is -2.29. The average Bonchev–Trinajstić information content (AvgIpc) is 3.13. The minimum Gasteiger partial charge on any atom is -0.332 e. The van der Waals surface area contributed by atoms with Gasteiger partial charge in [0.15, 0.2) is 0 Å². The van der Waals surface area contributed by atoms with Crippen LogP contribution in [0.25, 0.3) is 0 Å². The second-order valence-corrected chi connectivity index (χ2v) is 6.46. The third-order valence-corrected chi connectivity index (χ3v) is 5.03. The Bertz CT molecular complexity index is 680. The van der Waals surface area contributed by atoms with Gasteiger partial charge in [0.05, 0.1) is 15.8 Å². The van der Waals surface area contributed by atoms with Crippen LogP contribution in [-0.2, 0) is 0 Å². The highest BCUT2D eigenvalue weighted by molar-refractivity contribution is 7.16. The number of halogens is 3. The zero-order chi connectivity index (χ0) is 16.5. The lowest BCUT2D eigenvalue weighted by molar-refractivity contribution is -0.0882. The highest BCUT2D eigenvalue weighted by Crippen LogP contribution is 2.29. The van der Waals surface area contributed by atoms with Crippen LogP contribution in [0, 0.1) is 0 Å². The van der Waals surface area contributed by atoms with E-state index in [4.69, 9.17) is 0 Å². The lowest BCUT2D eigenvalue weighted by atomic mass is 10.3. The number of carbonyl (C=O) groups is 2. The zero-order valence-corrected chi connectivity index (χ0v) is 13.2. The van der Waals surface area contributed by atoms with Crippen LogP contribution in [0.5, 0.6) is 0 Å². The molecule has 118 valence electrons. The summed E-state index contributed by atoms with van der Waals surface area (Å²) in [5.74, 6) is -2.39. The maximum atomic E-state index is 12.4. The molecule has 4 nitrogen and oxygen atoms in total. The van der Waals surface area contributed by atoms with Crippen LogP contribution in [0.1, 0.15) is 37.3 Å². The molecule has 1 amide bonds. The van der Waals surface area contributed by atoms with Gasteiger partial charge in [-0.2, -0.15) is 13.2 Å². The Hall–Kier alpha value is -1.74. The van der Waals surface area contributed by atoms with Gasteiger partial charge in [0.2, 0.25) is 0 Å². The molecule has 0 radical (unpaired) electrons. The van der Waals surface area contributed by atoms with Crippen LogP contribution in [0.3, 0.4) is 0 Å². The Morgan fingerprint density at radius 1 is 1.27 bits per heavy atom. The summed E-state index contributed by atoms with van der Waals surface area (Å²) in [5.41, 5.74) is 0. The van der Waals surface area contributed by atoms with Crippen molar-refractivity contribution in [3.8, 4) is 0 Å². The minimum atomic E-state index is -4.94.